The molecule has 0 spiro atoms. The van der Waals surface area contributed by atoms with Crippen LogP contribution in [0.5, 0.6) is 0 Å². The molecule has 0 radical (unpaired) electrons. The average Bonchev–Trinajstić information content (AvgIpc) is 2.90. The number of nitrogens with zero attached hydrogens (tertiary/aromatic N) is 1. The van der Waals surface area contributed by atoms with Gasteiger partial charge in [0.15, 0.2) is 0 Å². The molecule has 2 aromatic carbocycles. The first-order valence-corrected chi connectivity index (χ1v) is 7.16. The summed E-state index contributed by atoms with van der Waals surface area (Å²) in [5.41, 5.74) is 5.25. The van der Waals surface area contributed by atoms with E-state index in [0.717, 1.165) is 28.2 Å². The second-order valence-electron chi connectivity index (χ2n) is 5.32. The molecule has 0 saturated heterocycles. The quantitative estimate of drug-likeness (QED) is 0.774. The van der Waals surface area contributed by atoms with Crippen molar-refractivity contribution >= 4 is 5.97 Å². The maximum absolute atomic E-state index is 11.4. The normalized spacial score (nSPS) is 10.6. The number of aromatic nitrogens is 1. The SMILES string of the molecule is Cc1c(C(=O)O)cccc1-n1c(C)ccc1-c1ccccc1. The first kappa shape index (κ1) is 14.1. The summed E-state index contributed by atoms with van der Waals surface area (Å²) in [5.74, 6) is -0.898. The van der Waals surface area contributed by atoms with Gasteiger partial charge in [0.1, 0.15) is 0 Å². The van der Waals surface area contributed by atoms with Gasteiger partial charge in [-0.15, -0.1) is 0 Å². The number of rotatable bonds is 3. The summed E-state index contributed by atoms with van der Waals surface area (Å²) < 4.78 is 2.11. The summed E-state index contributed by atoms with van der Waals surface area (Å²) in [6.45, 7) is 3.88. The molecule has 3 heteroatoms. The number of aryl methyl sites for hydroxylation is 1. The molecule has 22 heavy (non-hydrogen) atoms. The van der Waals surface area contributed by atoms with Gasteiger partial charge in [0.2, 0.25) is 0 Å². The van der Waals surface area contributed by atoms with E-state index in [2.05, 4.69) is 28.8 Å². The minimum atomic E-state index is -0.898. The number of carbonyl (C=O) groups is 1. The third-order valence-electron chi connectivity index (χ3n) is 3.92. The molecule has 3 rings (SSSR count). The van der Waals surface area contributed by atoms with Crippen LogP contribution in [0.4, 0.5) is 0 Å². The highest BCUT2D eigenvalue weighted by Gasteiger charge is 2.15. The van der Waals surface area contributed by atoms with Gasteiger partial charge in [-0.3, -0.25) is 0 Å². The Kier molecular flexibility index (Phi) is 3.55. The Labute approximate surface area is 129 Å². The minimum Gasteiger partial charge on any atom is -0.478 e. The lowest BCUT2D eigenvalue weighted by molar-refractivity contribution is 0.0696. The third-order valence-corrected chi connectivity index (χ3v) is 3.92. The van der Waals surface area contributed by atoms with Gasteiger partial charge < -0.3 is 9.67 Å². The van der Waals surface area contributed by atoms with E-state index in [1.165, 1.54) is 0 Å². The van der Waals surface area contributed by atoms with Crippen molar-refractivity contribution in [3.8, 4) is 16.9 Å². The highest BCUT2D eigenvalue weighted by atomic mass is 16.4. The largest absolute Gasteiger partial charge is 0.478 e. The van der Waals surface area contributed by atoms with Gasteiger partial charge in [0.05, 0.1) is 11.3 Å². The van der Waals surface area contributed by atoms with E-state index >= 15 is 0 Å². The van der Waals surface area contributed by atoms with Crippen LogP contribution in [-0.2, 0) is 0 Å². The Morgan fingerprint density at radius 1 is 0.909 bits per heavy atom. The highest BCUT2D eigenvalue weighted by Crippen LogP contribution is 2.29. The van der Waals surface area contributed by atoms with E-state index in [-0.39, 0.29) is 0 Å². The minimum absolute atomic E-state index is 0.338. The van der Waals surface area contributed by atoms with Gasteiger partial charge in [-0.1, -0.05) is 36.4 Å². The molecule has 0 aliphatic carbocycles. The third kappa shape index (κ3) is 2.31. The molecule has 110 valence electrons. The Hall–Kier alpha value is -2.81. The Morgan fingerprint density at radius 2 is 1.64 bits per heavy atom. The summed E-state index contributed by atoms with van der Waals surface area (Å²) >= 11 is 0. The maximum Gasteiger partial charge on any atom is 0.336 e. The summed E-state index contributed by atoms with van der Waals surface area (Å²) in [5, 5.41) is 9.33. The van der Waals surface area contributed by atoms with Gasteiger partial charge in [0, 0.05) is 11.4 Å². The van der Waals surface area contributed by atoms with Crippen LogP contribution in [0.1, 0.15) is 21.6 Å². The molecule has 0 amide bonds. The smallest absolute Gasteiger partial charge is 0.336 e. The van der Waals surface area contributed by atoms with Gasteiger partial charge >= 0.3 is 5.97 Å². The van der Waals surface area contributed by atoms with Crippen LogP contribution in [0.3, 0.4) is 0 Å². The van der Waals surface area contributed by atoms with E-state index in [0.29, 0.717) is 5.56 Å². The lowest BCUT2D eigenvalue weighted by Crippen LogP contribution is -2.06. The molecule has 0 atom stereocenters. The van der Waals surface area contributed by atoms with Crippen molar-refractivity contribution in [1.82, 2.24) is 4.57 Å². The number of hydrogen-bond donors (Lipinski definition) is 1. The molecule has 0 aliphatic rings. The first-order valence-electron chi connectivity index (χ1n) is 7.16. The number of carboxylic acids is 1. The van der Waals surface area contributed by atoms with Crippen molar-refractivity contribution < 1.29 is 9.90 Å². The zero-order valence-corrected chi connectivity index (χ0v) is 12.6. The zero-order chi connectivity index (χ0) is 15.7. The molecule has 1 N–H and O–H groups in total. The van der Waals surface area contributed by atoms with E-state index in [1.807, 2.05) is 38.1 Å². The summed E-state index contributed by atoms with van der Waals surface area (Å²) in [4.78, 5) is 11.4. The van der Waals surface area contributed by atoms with Crippen LogP contribution in [0.25, 0.3) is 16.9 Å². The zero-order valence-electron chi connectivity index (χ0n) is 12.6. The topological polar surface area (TPSA) is 42.2 Å². The van der Waals surface area contributed by atoms with Gasteiger partial charge in [-0.05, 0) is 49.2 Å². The molecule has 0 aliphatic heterocycles. The monoisotopic (exact) mass is 291 g/mol. The molecule has 0 unspecified atom stereocenters. The number of benzene rings is 2. The second kappa shape index (κ2) is 5.53. The highest BCUT2D eigenvalue weighted by molar-refractivity contribution is 5.90. The van der Waals surface area contributed by atoms with Crippen LogP contribution in [-0.4, -0.2) is 15.6 Å². The summed E-state index contributed by atoms with van der Waals surface area (Å²) in [6, 6.07) is 19.6. The van der Waals surface area contributed by atoms with Crippen LogP contribution in [0.2, 0.25) is 0 Å². The Bertz CT molecular complexity index is 832. The number of aromatic carboxylic acids is 1. The molecule has 0 fully saturated rings. The molecule has 0 saturated carbocycles. The molecule has 3 aromatic rings. The van der Waals surface area contributed by atoms with E-state index in [4.69, 9.17) is 0 Å². The fourth-order valence-corrected chi connectivity index (χ4v) is 2.79. The number of carboxylic acid groups (broad SMARTS) is 1. The van der Waals surface area contributed by atoms with E-state index in [1.54, 1.807) is 12.1 Å². The molecule has 3 nitrogen and oxygen atoms in total. The van der Waals surface area contributed by atoms with E-state index in [9.17, 15) is 9.90 Å². The van der Waals surface area contributed by atoms with Crippen LogP contribution in [0, 0.1) is 13.8 Å². The molecule has 0 bridgehead atoms. The van der Waals surface area contributed by atoms with Crippen molar-refractivity contribution in [2.45, 2.75) is 13.8 Å². The van der Waals surface area contributed by atoms with Crippen molar-refractivity contribution in [3.05, 3.63) is 77.5 Å². The van der Waals surface area contributed by atoms with Crippen molar-refractivity contribution in [3.63, 3.8) is 0 Å². The van der Waals surface area contributed by atoms with Gasteiger partial charge in [-0.2, -0.15) is 0 Å². The maximum atomic E-state index is 11.4. The van der Waals surface area contributed by atoms with Crippen molar-refractivity contribution in [2.75, 3.05) is 0 Å². The fourth-order valence-electron chi connectivity index (χ4n) is 2.79. The lowest BCUT2D eigenvalue weighted by atomic mass is 10.1. The first-order chi connectivity index (χ1) is 10.6. The van der Waals surface area contributed by atoms with Crippen LogP contribution in [0.15, 0.2) is 60.7 Å². The van der Waals surface area contributed by atoms with Crippen LogP contribution >= 0.6 is 0 Å². The van der Waals surface area contributed by atoms with E-state index < -0.39 is 5.97 Å². The molecular formula is C19H17NO2. The van der Waals surface area contributed by atoms with Crippen LogP contribution < -0.4 is 0 Å². The lowest BCUT2D eigenvalue weighted by Gasteiger charge is -2.16. The van der Waals surface area contributed by atoms with Crippen molar-refractivity contribution in [2.24, 2.45) is 0 Å². The van der Waals surface area contributed by atoms with Gasteiger partial charge in [-0.25, -0.2) is 4.79 Å². The molecular weight excluding hydrogens is 274 g/mol. The summed E-state index contributed by atoms with van der Waals surface area (Å²) in [7, 11) is 0. The Balaban J connectivity index is 2.24. The summed E-state index contributed by atoms with van der Waals surface area (Å²) in [6.07, 6.45) is 0. The standard InChI is InChI=1S/C19H17NO2/c1-13-11-12-18(15-7-4-3-5-8-15)20(13)17-10-6-9-16(14(17)2)19(21)22/h3-12H,1-2H3,(H,21,22). The molecule has 1 aromatic heterocycles. The predicted octanol–water partition coefficient (Wildman–Crippen LogP) is 4.46. The second-order valence-corrected chi connectivity index (χ2v) is 5.32. The predicted molar refractivity (Wildman–Crippen MR) is 87.6 cm³/mol. The fraction of sp³-hybridized carbons (Fsp3) is 0.105. The Morgan fingerprint density at radius 3 is 2.32 bits per heavy atom. The molecule has 1 heterocycles. The van der Waals surface area contributed by atoms with Crippen molar-refractivity contribution in [1.29, 1.82) is 0 Å². The number of hydrogen-bond acceptors (Lipinski definition) is 1. The van der Waals surface area contributed by atoms with Gasteiger partial charge in [0.25, 0.3) is 0 Å². The average molecular weight is 291 g/mol.